The Morgan fingerprint density at radius 3 is 2.17 bits per heavy atom. The Hall–Kier alpha value is -3.17. The number of carbonyl (C=O) groups excluding carboxylic acids is 1. The molecule has 0 fully saturated rings. The summed E-state index contributed by atoms with van der Waals surface area (Å²) in [4.78, 5) is 12.8. The van der Waals surface area contributed by atoms with Gasteiger partial charge in [-0.2, -0.15) is 0 Å². The van der Waals surface area contributed by atoms with Crippen LogP contribution in [0.4, 0.5) is 0 Å². The van der Waals surface area contributed by atoms with Crippen LogP contribution in [0.5, 0.6) is 0 Å². The van der Waals surface area contributed by atoms with E-state index in [0.717, 1.165) is 37.9 Å². The van der Waals surface area contributed by atoms with Crippen molar-refractivity contribution < 1.29 is 9.53 Å². The first-order valence-corrected chi connectivity index (χ1v) is 10.1. The third kappa shape index (κ3) is 3.87. The molecule has 0 atom stereocenters. The second-order valence-corrected chi connectivity index (χ2v) is 7.81. The number of allylic oxidation sites excluding steroid dienone is 3. The summed E-state index contributed by atoms with van der Waals surface area (Å²) in [5.74, 6) is 0.171. The number of ether oxygens (including phenoxy) is 1. The summed E-state index contributed by atoms with van der Waals surface area (Å²) in [6, 6.07) is 25.2. The van der Waals surface area contributed by atoms with Crippen molar-refractivity contribution in [1.29, 1.82) is 0 Å². The molecule has 0 saturated heterocycles. The summed E-state index contributed by atoms with van der Waals surface area (Å²) in [5.41, 5.74) is 6.24. The number of rotatable bonds is 4. The molecule has 1 aliphatic carbocycles. The Balaban J connectivity index is 1.83. The summed E-state index contributed by atoms with van der Waals surface area (Å²) in [5, 5.41) is 0. The summed E-state index contributed by atoms with van der Waals surface area (Å²) in [6.45, 7) is 6.10. The van der Waals surface area contributed by atoms with Crippen molar-refractivity contribution >= 4 is 39.3 Å². The van der Waals surface area contributed by atoms with Crippen LogP contribution >= 0.6 is 15.9 Å². The second kappa shape index (κ2) is 8.06. The normalized spacial score (nSPS) is 14.1. The lowest BCUT2D eigenvalue weighted by molar-refractivity contribution is 0.0691. The first kappa shape index (κ1) is 19.2. The Morgan fingerprint density at radius 1 is 0.897 bits per heavy atom. The Kier molecular flexibility index (Phi) is 5.32. The fraction of sp³-hybridized carbons (Fsp3) is 0.0385. The Bertz CT molecular complexity index is 1150. The van der Waals surface area contributed by atoms with Gasteiger partial charge in [-0.1, -0.05) is 77.1 Å². The van der Waals surface area contributed by atoms with Crippen LogP contribution < -0.4 is 0 Å². The number of esters is 1. The second-order valence-electron chi connectivity index (χ2n) is 6.90. The van der Waals surface area contributed by atoms with E-state index in [1.54, 1.807) is 12.1 Å². The molecule has 142 valence electrons. The highest BCUT2D eigenvalue weighted by atomic mass is 79.9. The van der Waals surface area contributed by atoms with E-state index in [-0.39, 0.29) is 5.97 Å². The fourth-order valence-electron chi connectivity index (χ4n) is 3.44. The van der Waals surface area contributed by atoms with Crippen LogP contribution in [0.15, 0.2) is 101 Å². The molecule has 0 spiro atoms. The molecular formula is C26H19BrO2. The highest BCUT2D eigenvalue weighted by molar-refractivity contribution is 9.10. The number of benzene rings is 3. The predicted octanol–water partition coefficient (Wildman–Crippen LogP) is 7.15. The summed E-state index contributed by atoms with van der Waals surface area (Å²) < 4.78 is 6.84. The molecule has 3 aromatic carbocycles. The lowest BCUT2D eigenvalue weighted by atomic mass is 9.97. The van der Waals surface area contributed by atoms with Gasteiger partial charge < -0.3 is 4.74 Å². The minimum atomic E-state index is -0.387. The molecule has 0 heterocycles. The minimum Gasteiger partial charge on any atom is -0.422 e. The van der Waals surface area contributed by atoms with E-state index in [2.05, 4.69) is 40.7 Å². The lowest BCUT2D eigenvalue weighted by Crippen LogP contribution is -2.05. The Labute approximate surface area is 179 Å². The number of hydrogen-bond acceptors (Lipinski definition) is 2. The maximum atomic E-state index is 12.8. The van der Waals surface area contributed by atoms with Gasteiger partial charge in [-0.3, -0.25) is 0 Å². The van der Waals surface area contributed by atoms with E-state index < -0.39 is 0 Å². The molecule has 0 aromatic heterocycles. The molecule has 0 aliphatic heterocycles. The summed E-state index contributed by atoms with van der Waals surface area (Å²) in [7, 11) is 0. The van der Waals surface area contributed by atoms with Gasteiger partial charge in [0, 0.05) is 15.6 Å². The molecule has 0 radical (unpaired) electrons. The van der Waals surface area contributed by atoms with Crippen LogP contribution in [0.2, 0.25) is 0 Å². The average molecular weight is 443 g/mol. The highest BCUT2D eigenvalue weighted by Gasteiger charge is 2.29. The zero-order valence-electron chi connectivity index (χ0n) is 16.0. The molecule has 0 saturated carbocycles. The summed E-state index contributed by atoms with van der Waals surface area (Å²) in [6.07, 6.45) is 2.11. The van der Waals surface area contributed by atoms with Crippen molar-refractivity contribution in [3.05, 3.63) is 123 Å². The van der Waals surface area contributed by atoms with Gasteiger partial charge in [0.15, 0.2) is 0 Å². The highest BCUT2D eigenvalue weighted by Crippen LogP contribution is 2.45. The number of hydrogen-bond donors (Lipinski definition) is 0. The van der Waals surface area contributed by atoms with Crippen LogP contribution in [0.25, 0.3) is 17.4 Å². The minimum absolute atomic E-state index is 0.387. The standard InChI is InChI=1S/C26H19BrO2/c1-17(2)24-23(16-18-8-4-3-5-9-18)21-10-6-7-11-22(21)25(24)29-26(28)19-12-14-20(27)15-13-19/h3-16H,1H2,2H3/b23-16+. The zero-order chi connectivity index (χ0) is 20.4. The third-order valence-corrected chi connectivity index (χ3v) is 5.30. The molecule has 0 unspecified atom stereocenters. The summed E-state index contributed by atoms with van der Waals surface area (Å²) >= 11 is 3.39. The van der Waals surface area contributed by atoms with Gasteiger partial charge >= 0.3 is 5.97 Å². The quantitative estimate of drug-likeness (QED) is 0.401. The van der Waals surface area contributed by atoms with E-state index in [4.69, 9.17) is 4.74 Å². The Morgan fingerprint density at radius 2 is 1.52 bits per heavy atom. The van der Waals surface area contributed by atoms with Gasteiger partial charge in [0.1, 0.15) is 5.76 Å². The molecule has 3 heteroatoms. The van der Waals surface area contributed by atoms with Crippen LogP contribution in [0.1, 0.15) is 34.0 Å². The average Bonchev–Trinajstić information content (AvgIpc) is 3.03. The molecular weight excluding hydrogens is 424 g/mol. The predicted molar refractivity (Wildman–Crippen MR) is 122 cm³/mol. The maximum absolute atomic E-state index is 12.8. The molecule has 0 bridgehead atoms. The van der Waals surface area contributed by atoms with E-state index in [1.807, 2.05) is 61.5 Å². The van der Waals surface area contributed by atoms with Crippen molar-refractivity contribution in [2.45, 2.75) is 6.92 Å². The smallest absolute Gasteiger partial charge is 0.343 e. The molecule has 0 N–H and O–H groups in total. The van der Waals surface area contributed by atoms with Gasteiger partial charge in [0.25, 0.3) is 0 Å². The van der Waals surface area contributed by atoms with Crippen LogP contribution in [0.3, 0.4) is 0 Å². The van der Waals surface area contributed by atoms with E-state index in [1.165, 1.54) is 0 Å². The van der Waals surface area contributed by atoms with Gasteiger partial charge in [0.05, 0.1) is 5.56 Å². The number of halogens is 1. The van der Waals surface area contributed by atoms with Gasteiger partial charge in [-0.15, -0.1) is 0 Å². The molecule has 29 heavy (non-hydrogen) atoms. The van der Waals surface area contributed by atoms with E-state index in [9.17, 15) is 4.79 Å². The van der Waals surface area contributed by atoms with Crippen molar-refractivity contribution in [1.82, 2.24) is 0 Å². The molecule has 2 nitrogen and oxygen atoms in total. The molecule has 1 aliphatic rings. The van der Waals surface area contributed by atoms with Crippen LogP contribution in [0, 0.1) is 0 Å². The van der Waals surface area contributed by atoms with Crippen molar-refractivity contribution in [3.8, 4) is 0 Å². The number of carbonyl (C=O) groups is 1. The SMILES string of the molecule is C=C(C)C1=C(OC(=O)c2ccc(Br)cc2)c2ccccc2/C1=C\c1ccccc1. The van der Waals surface area contributed by atoms with Crippen molar-refractivity contribution in [3.63, 3.8) is 0 Å². The topological polar surface area (TPSA) is 26.3 Å². The lowest BCUT2D eigenvalue weighted by Gasteiger charge is -2.10. The monoisotopic (exact) mass is 442 g/mol. The first-order valence-electron chi connectivity index (χ1n) is 9.29. The number of fused-ring (bicyclic) bond motifs is 1. The van der Waals surface area contributed by atoms with Gasteiger partial charge in [-0.25, -0.2) is 4.79 Å². The van der Waals surface area contributed by atoms with Crippen LogP contribution in [-0.4, -0.2) is 5.97 Å². The first-order chi connectivity index (χ1) is 14.0. The van der Waals surface area contributed by atoms with Crippen molar-refractivity contribution in [2.24, 2.45) is 0 Å². The van der Waals surface area contributed by atoms with E-state index >= 15 is 0 Å². The largest absolute Gasteiger partial charge is 0.422 e. The van der Waals surface area contributed by atoms with Crippen LogP contribution in [-0.2, 0) is 4.74 Å². The maximum Gasteiger partial charge on any atom is 0.343 e. The van der Waals surface area contributed by atoms with Gasteiger partial charge in [-0.05, 0) is 59.5 Å². The molecule has 4 rings (SSSR count). The van der Waals surface area contributed by atoms with Gasteiger partial charge in [0.2, 0.25) is 0 Å². The molecule has 0 amide bonds. The van der Waals surface area contributed by atoms with Crippen molar-refractivity contribution in [2.75, 3.05) is 0 Å². The molecule has 3 aromatic rings. The fourth-order valence-corrected chi connectivity index (χ4v) is 3.71. The zero-order valence-corrected chi connectivity index (χ0v) is 17.6. The van der Waals surface area contributed by atoms with E-state index in [0.29, 0.717) is 11.3 Å². The third-order valence-electron chi connectivity index (χ3n) is 4.77.